The Morgan fingerprint density at radius 1 is 1.38 bits per heavy atom. The maximum absolute atomic E-state index is 11.4. The van der Waals surface area contributed by atoms with Gasteiger partial charge in [-0.15, -0.1) is 10.2 Å². The van der Waals surface area contributed by atoms with Crippen molar-refractivity contribution in [3.8, 4) is 0 Å². The molecule has 0 fully saturated rings. The first-order valence-electron chi connectivity index (χ1n) is 3.78. The standard InChI is InChI=1S/C7H9ClN2O2S/c1-2-5-13(11,12)7-4-3-6(8)9-10-7/h3-4H,2,5H2,1H3. The first-order valence-corrected chi connectivity index (χ1v) is 5.81. The van der Waals surface area contributed by atoms with Gasteiger partial charge in [0.25, 0.3) is 0 Å². The molecule has 4 nitrogen and oxygen atoms in total. The van der Waals surface area contributed by atoms with Crippen molar-refractivity contribution in [2.45, 2.75) is 18.4 Å². The fourth-order valence-corrected chi connectivity index (χ4v) is 2.13. The van der Waals surface area contributed by atoms with Crippen molar-refractivity contribution in [3.63, 3.8) is 0 Å². The number of aromatic nitrogens is 2. The average Bonchev–Trinajstić information content (AvgIpc) is 2.05. The first kappa shape index (κ1) is 10.4. The van der Waals surface area contributed by atoms with Crippen LogP contribution in [0, 0.1) is 0 Å². The molecule has 0 saturated heterocycles. The van der Waals surface area contributed by atoms with E-state index in [1.807, 2.05) is 0 Å². The fourth-order valence-electron chi connectivity index (χ4n) is 0.843. The maximum Gasteiger partial charge on any atom is 0.197 e. The molecule has 0 spiro atoms. The molecule has 0 radical (unpaired) electrons. The number of nitrogens with zero attached hydrogens (tertiary/aromatic N) is 2. The van der Waals surface area contributed by atoms with Gasteiger partial charge in [0.2, 0.25) is 0 Å². The van der Waals surface area contributed by atoms with Gasteiger partial charge in [-0.3, -0.25) is 0 Å². The van der Waals surface area contributed by atoms with E-state index >= 15 is 0 Å². The quantitative estimate of drug-likeness (QED) is 0.771. The van der Waals surface area contributed by atoms with E-state index in [1.165, 1.54) is 12.1 Å². The average molecular weight is 221 g/mol. The van der Waals surface area contributed by atoms with Crippen molar-refractivity contribution in [3.05, 3.63) is 17.3 Å². The van der Waals surface area contributed by atoms with Crippen LogP contribution in [0.25, 0.3) is 0 Å². The second-order valence-corrected chi connectivity index (χ2v) is 4.96. The Balaban J connectivity index is 3.02. The summed E-state index contributed by atoms with van der Waals surface area (Å²) in [6, 6.07) is 2.78. The topological polar surface area (TPSA) is 59.9 Å². The lowest BCUT2D eigenvalue weighted by atomic mass is 10.6. The monoisotopic (exact) mass is 220 g/mol. The van der Waals surface area contributed by atoms with Crippen LogP contribution in [0.2, 0.25) is 5.15 Å². The van der Waals surface area contributed by atoms with Crippen LogP contribution in [0.1, 0.15) is 13.3 Å². The molecule has 1 aromatic rings. The van der Waals surface area contributed by atoms with Crippen LogP contribution in [-0.4, -0.2) is 24.4 Å². The van der Waals surface area contributed by atoms with Crippen molar-refractivity contribution in [2.24, 2.45) is 0 Å². The predicted octanol–water partition coefficient (Wildman–Crippen LogP) is 1.31. The molecule has 0 aromatic carbocycles. The van der Waals surface area contributed by atoms with Gasteiger partial charge in [0.05, 0.1) is 5.75 Å². The molecule has 0 N–H and O–H groups in total. The normalized spacial score (nSPS) is 11.5. The van der Waals surface area contributed by atoms with Gasteiger partial charge in [-0.2, -0.15) is 0 Å². The van der Waals surface area contributed by atoms with Crippen LogP contribution in [-0.2, 0) is 9.84 Å². The lowest BCUT2D eigenvalue weighted by molar-refractivity contribution is 0.588. The second-order valence-electron chi connectivity index (χ2n) is 2.51. The van der Waals surface area contributed by atoms with Gasteiger partial charge >= 0.3 is 0 Å². The summed E-state index contributed by atoms with van der Waals surface area (Å²) < 4.78 is 22.8. The minimum atomic E-state index is -3.26. The number of hydrogen-bond donors (Lipinski definition) is 0. The van der Waals surface area contributed by atoms with E-state index in [2.05, 4.69) is 10.2 Å². The Kier molecular flexibility index (Phi) is 3.22. The number of sulfone groups is 1. The molecule has 0 saturated carbocycles. The van der Waals surface area contributed by atoms with Gasteiger partial charge < -0.3 is 0 Å². The van der Waals surface area contributed by atoms with Crippen LogP contribution >= 0.6 is 11.6 Å². The fraction of sp³-hybridized carbons (Fsp3) is 0.429. The third-order valence-electron chi connectivity index (χ3n) is 1.40. The Morgan fingerprint density at radius 2 is 2.08 bits per heavy atom. The molecular formula is C7H9ClN2O2S. The van der Waals surface area contributed by atoms with E-state index in [4.69, 9.17) is 11.6 Å². The maximum atomic E-state index is 11.4. The highest BCUT2D eigenvalue weighted by atomic mass is 35.5. The van der Waals surface area contributed by atoms with Gasteiger partial charge in [-0.05, 0) is 18.6 Å². The minimum absolute atomic E-state index is 0.0150. The molecule has 6 heteroatoms. The van der Waals surface area contributed by atoms with Gasteiger partial charge in [0.15, 0.2) is 20.0 Å². The summed E-state index contributed by atoms with van der Waals surface area (Å²) in [5.41, 5.74) is 0. The third-order valence-corrected chi connectivity index (χ3v) is 3.40. The zero-order valence-electron chi connectivity index (χ0n) is 7.07. The van der Waals surface area contributed by atoms with Gasteiger partial charge in [-0.1, -0.05) is 18.5 Å². The van der Waals surface area contributed by atoms with E-state index in [0.29, 0.717) is 6.42 Å². The van der Waals surface area contributed by atoms with Gasteiger partial charge in [-0.25, -0.2) is 8.42 Å². The molecule has 0 unspecified atom stereocenters. The third kappa shape index (κ3) is 2.63. The molecule has 0 atom stereocenters. The van der Waals surface area contributed by atoms with Crippen LogP contribution in [0.5, 0.6) is 0 Å². The van der Waals surface area contributed by atoms with Crippen molar-refractivity contribution in [2.75, 3.05) is 5.75 Å². The van der Waals surface area contributed by atoms with Gasteiger partial charge in [0.1, 0.15) is 0 Å². The summed E-state index contributed by atoms with van der Waals surface area (Å²) in [5.74, 6) is 0.0866. The molecule has 0 amide bonds. The Hall–Kier alpha value is -0.680. The van der Waals surface area contributed by atoms with E-state index in [1.54, 1.807) is 6.92 Å². The summed E-state index contributed by atoms with van der Waals surface area (Å²) in [6.45, 7) is 1.79. The SMILES string of the molecule is CCCS(=O)(=O)c1ccc(Cl)nn1. The van der Waals surface area contributed by atoms with Crippen LogP contribution in [0.3, 0.4) is 0 Å². The van der Waals surface area contributed by atoms with E-state index < -0.39 is 9.84 Å². The summed E-state index contributed by atoms with van der Waals surface area (Å²) in [6.07, 6.45) is 0.562. The molecule has 72 valence electrons. The largest absolute Gasteiger partial charge is 0.222 e. The van der Waals surface area contributed by atoms with Crippen molar-refractivity contribution in [1.29, 1.82) is 0 Å². The van der Waals surface area contributed by atoms with Gasteiger partial charge in [0, 0.05) is 0 Å². The highest BCUT2D eigenvalue weighted by Gasteiger charge is 2.14. The summed E-state index contributed by atoms with van der Waals surface area (Å²) >= 11 is 5.47. The lowest BCUT2D eigenvalue weighted by Gasteiger charge is -1.99. The summed E-state index contributed by atoms with van der Waals surface area (Å²) in [4.78, 5) is 0. The highest BCUT2D eigenvalue weighted by molar-refractivity contribution is 7.91. The molecule has 0 aliphatic heterocycles. The molecular weight excluding hydrogens is 212 g/mol. The molecule has 1 heterocycles. The van der Waals surface area contributed by atoms with Crippen LogP contribution in [0.15, 0.2) is 17.2 Å². The van der Waals surface area contributed by atoms with Crippen molar-refractivity contribution < 1.29 is 8.42 Å². The number of rotatable bonds is 3. The minimum Gasteiger partial charge on any atom is -0.222 e. The highest BCUT2D eigenvalue weighted by Crippen LogP contribution is 2.09. The number of halogens is 1. The van der Waals surface area contributed by atoms with Crippen molar-refractivity contribution >= 4 is 21.4 Å². The second kappa shape index (κ2) is 4.02. The zero-order chi connectivity index (χ0) is 9.90. The van der Waals surface area contributed by atoms with E-state index in [0.717, 1.165) is 0 Å². The first-order chi connectivity index (χ1) is 6.06. The molecule has 0 aliphatic carbocycles. The predicted molar refractivity (Wildman–Crippen MR) is 49.4 cm³/mol. The summed E-state index contributed by atoms with van der Waals surface area (Å²) in [7, 11) is -3.26. The van der Waals surface area contributed by atoms with Crippen molar-refractivity contribution in [1.82, 2.24) is 10.2 Å². The van der Waals surface area contributed by atoms with E-state index in [-0.39, 0.29) is 15.9 Å². The molecule has 1 rings (SSSR count). The molecule has 1 aromatic heterocycles. The Labute approximate surface area is 81.9 Å². The van der Waals surface area contributed by atoms with E-state index in [9.17, 15) is 8.42 Å². The van der Waals surface area contributed by atoms with Crippen LogP contribution < -0.4 is 0 Å². The van der Waals surface area contributed by atoms with Crippen LogP contribution in [0.4, 0.5) is 0 Å². The lowest BCUT2D eigenvalue weighted by Crippen LogP contribution is -2.08. The number of hydrogen-bond acceptors (Lipinski definition) is 4. The Morgan fingerprint density at radius 3 is 2.54 bits per heavy atom. The summed E-state index contributed by atoms with van der Waals surface area (Å²) in [5, 5.41) is 7.14. The smallest absolute Gasteiger partial charge is 0.197 e. The Bertz CT molecular complexity index is 374. The zero-order valence-corrected chi connectivity index (χ0v) is 8.64. The molecule has 0 bridgehead atoms. The molecule has 0 aliphatic rings. The molecule has 13 heavy (non-hydrogen) atoms.